The summed E-state index contributed by atoms with van der Waals surface area (Å²) in [6.07, 6.45) is 8.66. The monoisotopic (exact) mass is 290 g/mol. The molecule has 0 radical (unpaired) electrons. The van der Waals surface area contributed by atoms with Crippen LogP contribution in [0.4, 0.5) is 0 Å². The molecule has 5 nitrogen and oxygen atoms in total. The van der Waals surface area contributed by atoms with Gasteiger partial charge in [-0.15, -0.1) is 0 Å². The van der Waals surface area contributed by atoms with Crippen LogP contribution in [0.1, 0.15) is 51.9 Å². The Balaban J connectivity index is 1.68. The maximum absolute atomic E-state index is 8.83. The molecule has 0 aromatic carbocycles. The Bertz CT molecular complexity index is 224. The van der Waals surface area contributed by atoms with Crippen molar-refractivity contribution in [3.05, 3.63) is 0 Å². The lowest BCUT2D eigenvalue weighted by molar-refractivity contribution is -0.174. The predicted octanol–water partition coefficient (Wildman–Crippen LogP) is 2.46. The van der Waals surface area contributed by atoms with Crippen molar-refractivity contribution in [2.45, 2.75) is 70.4 Å². The minimum absolute atomic E-state index is 0.134. The van der Waals surface area contributed by atoms with E-state index in [0.717, 1.165) is 19.4 Å². The first kappa shape index (κ1) is 17.9. The third-order valence-corrected chi connectivity index (χ3v) is 3.61. The molecule has 0 aromatic heterocycles. The van der Waals surface area contributed by atoms with Gasteiger partial charge in [0.25, 0.3) is 0 Å². The lowest BCUT2D eigenvalue weighted by Crippen LogP contribution is -2.13. The van der Waals surface area contributed by atoms with Gasteiger partial charge in [-0.25, -0.2) is 0 Å². The van der Waals surface area contributed by atoms with E-state index in [1.54, 1.807) is 7.11 Å². The summed E-state index contributed by atoms with van der Waals surface area (Å²) in [6, 6.07) is 0. The maximum Gasteiger partial charge on any atom is 0.157 e. The van der Waals surface area contributed by atoms with Gasteiger partial charge in [0.15, 0.2) is 6.29 Å². The summed E-state index contributed by atoms with van der Waals surface area (Å²) in [5, 5.41) is 8.83. The molecule has 20 heavy (non-hydrogen) atoms. The van der Waals surface area contributed by atoms with Crippen molar-refractivity contribution in [3.63, 3.8) is 0 Å². The van der Waals surface area contributed by atoms with E-state index < -0.39 is 0 Å². The lowest BCUT2D eigenvalue weighted by atomic mass is 10.1. The summed E-state index contributed by atoms with van der Waals surface area (Å²) in [6.45, 7) is 3.09. The lowest BCUT2D eigenvalue weighted by Gasteiger charge is -2.10. The fraction of sp³-hybridized carbons (Fsp3) is 1.00. The number of methoxy groups -OCH3 is 1. The number of hydrogen-bond acceptors (Lipinski definition) is 5. The van der Waals surface area contributed by atoms with E-state index in [4.69, 9.17) is 24.1 Å². The van der Waals surface area contributed by atoms with Crippen LogP contribution in [-0.4, -0.2) is 50.7 Å². The van der Waals surface area contributed by atoms with Gasteiger partial charge in [0.2, 0.25) is 0 Å². The summed E-state index contributed by atoms with van der Waals surface area (Å²) in [5.74, 6) is 0. The molecule has 0 spiro atoms. The second-order valence-electron chi connectivity index (χ2n) is 5.30. The van der Waals surface area contributed by atoms with Crippen LogP contribution in [0.3, 0.4) is 0 Å². The zero-order valence-electron chi connectivity index (χ0n) is 12.9. The first-order valence-corrected chi connectivity index (χ1v) is 7.76. The van der Waals surface area contributed by atoms with E-state index in [1.807, 2.05) is 6.92 Å². The number of aliphatic hydroxyl groups is 1. The molecule has 120 valence electrons. The van der Waals surface area contributed by atoms with Gasteiger partial charge in [-0.2, -0.15) is 0 Å². The van der Waals surface area contributed by atoms with Gasteiger partial charge in [-0.1, -0.05) is 32.1 Å². The molecule has 3 atom stereocenters. The minimum Gasteiger partial charge on any atom is -0.394 e. The number of ether oxygens (including phenoxy) is 4. The van der Waals surface area contributed by atoms with Crippen LogP contribution >= 0.6 is 0 Å². The second-order valence-corrected chi connectivity index (χ2v) is 5.30. The smallest absolute Gasteiger partial charge is 0.157 e. The Kier molecular flexibility index (Phi) is 10.2. The Morgan fingerprint density at radius 1 is 1.05 bits per heavy atom. The van der Waals surface area contributed by atoms with Crippen molar-refractivity contribution >= 4 is 0 Å². The molecule has 1 saturated heterocycles. The number of hydrogen-bond donors (Lipinski definition) is 1. The molecular formula is C15H30O5. The normalized spacial score (nSPS) is 22.9. The summed E-state index contributed by atoms with van der Waals surface area (Å²) >= 11 is 0. The number of unbranched alkanes of at least 4 members (excludes halogenated alkanes) is 5. The SMILES string of the molecule is COC(C)OCOCCCCCCCC[C@@H]1O[C@H]1CO. The zero-order valence-corrected chi connectivity index (χ0v) is 12.9. The second kappa shape index (κ2) is 11.5. The fourth-order valence-electron chi connectivity index (χ4n) is 2.12. The van der Waals surface area contributed by atoms with Crippen LogP contribution in [-0.2, 0) is 18.9 Å². The number of epoxide rings is 1. The Morgan fingerprint density at radius 3 is 2.40 bits per heavy atom. The first-order chi connectivity index (χ1) is 9.77. The molecule has 1 heterocycles. The number of aliphatic hydroxyl groups excluding tert-OH is 1. The summed E-state index contributed by atoms with van der Waals surface area (Å²) in [4.78, 5) is 0. The molecule has 1 aliphatic heterocycles. The quantitative estimate of drug-likeness (QED) is 0.302. The van der Waals surface area contributed by atoms with Crippen LogP contribution in [0, 0.1) is 0 Å². The Labute approximate surface area is 122 Å². The molecule has 1 N–H and O–H groups in total. The van der Waals surface area contributed by atoms with Crippen molar-refractivity contribution < 1.29 is 24.1 Å². The molecule has 1 aliphatic rings. The molecule has 5 heteroatoms. The van der Waals surface area contributed by atoms with E-state index in [0.29, 0.717) is 12.9 Å². The maximum atomic E-state index is 8.83. The molecule has 0 saturated carbocycles. The average molecular weight is 290 g/mol. The van der Waals surface area contributed by atoms with Gasteiger partial charge in [0.05, 0.1) is 12.7 Å². The van der Waals surface area contributed by atoms with Crippen LogP contribution in [0.2, 0.25) is 0 Å². The van der Waals surface area contributed by atoms with Crippen molar-refractivity contribution in [1.29, 1.82) is 0 Å². The molecular weight excluding hydrogens is 260 g/mol. The van der Waals surface area contributed by atoms with Crippen LogP contribution < -0.4 is 0 Å². The minimum atomic E-state index is -0.198. The molecule has 1 unspecified atom stereocenters. The van der Waals surface area contributed by atoms with E-state index in [2.05, 4.69) is 0 Å². The van der Waals surface area contributed by atoms with Crippen LogP contribution in [0.5, 0.6) is 0 Å². The van der Waals surface area contributed by atoms with Crippen molar-refractivity contribution in [2.75, 3.05) is 27.1 Å². The van der Waals surface area contributed by atoms with Gasteiger partial charge in [0.1, 0.15) is 12.9 Å². The van der Waals surface area contributed by atoms with Crippen LogP contribution in [0.25, 0.3) is 0 Å². The van der Waals surface area contributed by atoms with Gasteiger partial charge in [-0.3, -0.25) is 0 Å². The molecule has 0 amide bonds. The van der Waals surface area contributed by atoms with E-state index in [9.17, 15) is 0 Å². The standard InChI is InChI=1S/C15H30O5/c1-13(17-2)19-12-18-10-8-6-4-3-5-7-9-14-15(11-16)20-14/h13-16H,3-12H2,1-2H3/t13?,14-,15-/m0/s1. The van der Waals surface area contributed by atoms with E-state index in [1.165, 1.54) is 32.1 Å². The molecule has 1 rings (SSSR count). The van der Waals surface area contributed by atoms with Gasteiger partial charge in [-0.05, 0) is 19.8 Å². The van der Waals surface area contributed by atoms with E-state index >= 15 is 0 Å². The summed E-state index contributed by atoms with van der Waals surface area (Å²) < 4.78 is 20.8. The zero-order chi connectivity index (χ0) is 14.6. The summed E-state index contributed by atoms with van der Waals surface area (Å²) in [7, 11) is 1.62. The van der Waals surface area contributed by atoms with E-state index in [-0.39, 0.29) is 19.0 Å². The summed E-state index contributed by atoms with van der Waals surface area (Å²) in [5.41, 5.74) is 0. The first-order valence-electron chi connectivity index (χ1n) is 7.76. The van der Waals surface area contributed by atoms with Crippen molar-refractivity contribution in [3.8, 4) is 0 Å². The van der Waals surface area contributed by atoms with Crippen LogP contribution in [0.15, 0.2) is 0 Å². The highest BCUT2D eigenvalue weighted by atomic mass is 16.7. The average Bonchev–Trinajstić information content (AvgIpc) is 3.23. The molecule has 0 aliphatic carbocycles. The molecule has 1 fully saturated rings. The Morgan fingerprint density at radius 2 is 1.75 bits per heavy atom. The van der Waals surface area contributed by atoms with Crippen molar-refractivity contribution in [1.82, 2.24) is 0 Å². The topological polar surface area (TPSA) is 60.5 Å². The van der Waals surface area contributed by atoms with Crippen molar-refractivity contribution in [2.24, 2.45) is 0 Å². The molecule has 0 bridgehead atoms. The van der Waals surface area contributed by atoms with Gasteiger partial charge < -0.3 is 24.1 Å². The molecule has 0 aromatic rings. The highest BCUT2D eigenvalue weighted by Gasteiger charge is 2.36. The number of rotatable bonds is 14. The third-order valence-electron chi connectivity index (χ3n) is 3.61. The largest absolute Gasteiger partial charge is 0.394 e. The highest BCUT2D eigenvalue weighted by Crippen LogP contribution is 2.26. The highest BCUT2D eigenvalue weighted by molar-refractivity contribution is 4.83. The Hall–Kier alpha value is -0.200. The predicted molar refractivity (Wildman–Crippen MR) is 76.4 cm³/mol. The van der Waals surface area contributed by atoms with Gasteiger partial charge >= 0.3 is 0 Å². The fourth-order valence-corrected chi connectivity index (χ4v) is 2.12. The van der Waals surface area contributed by atoms with Gasteiger partial charge in [0, 0.05) is 13.7 Å². The third kappa shape index (κ3) is 8.87.